The summed E-state index contributed by atoms with van der Waals surface area (Å²) in [7, 11) is 0. The van der Waals surface area contributed by atoms with Gasteiger partial charge in [0.05, 0.1) is 0 Å². The molecular formula is C40H80. The van der Waals surface area contributed by atoms with E-state index >= 15 is 0 Å². The highest BCUT2D eigenvalue weighted by atomic mass is 14.0. The van der Waals surface area contributed by atoms with Crippen LogP contribution in [0, 0.1) is 0 Å². The highest BCUT2D eigenvalue weighted by Crippen LogP contribution is 2.17. The van der Waals surface area contributed by atoms with Gasteiger partial charge < -0.3 is 0 Å². The summed E-state index contributed by atoms with van der Waals surface area (Å²) < 4.78 is 0. The first kappa shape index (κ1) is 39.7. The second-order valence-corrected chi connectivity index (χ2v) is 13.4. The number of allylic oxidation sites excluding steroid dienone is 2. The smallest absolute Gasteiger partial charge is 0.0351 e. The molecule has 0 unspecified atom stereocenters. The fourth-order valence-corrected chi connectivity index (χ4v) is 6.22. The van der Waals surface area contributed by atoms with Crippen LogP contribution in [0.5, 0.6) is 0 Å². The summed E-state index contributed by atoms with van der Waals surface area (Å²) >= 11 is 0. The molecule has 0 fully saturated rings. The molecule has 240 valence electrons. The first-order chi connectivity index (χ1) is 19.9. The minimum Gasteiger partial charge on any atom is -0.0885 e. The average Bonchev–Trinajstić information content (AvgIpc) is 2.97. The van der Waals surface area contributed by atoms with Gasteiger partial charge in [0.25, 0.3) is 0 Å². The lowest BCUT2D eigenvalue weighted by atomic mass is 10.0. The van der Waals surface area contributed by atoms with E-state index in [1.54, 1.807) is 0 Å². The standard InChI is InChI=1S/C40H80/c1-3-5-7-9-11-13-15-17-19-21-23-25-27-29-31-33-35-37-39-40-38-36-34-32-30-28-26-24-22-20-18-16-14-12-10-8-6-4-2/h7,9H,3-6,8,10-40H2,1-2H3. The lowest BCUT2D eigenvalue weighted by molar-refractivity contribution is 0.511. The number of hydrogen-bond donors (Lipinski definition) is 0. The summed E-state index contributed by atoms with van der Waals surface area (Å²) in [6.07, 6.45) is 57.4. The molecule has 0 heteroatoms. The molecular weight excluding hydrogens is 480 g/mol. The summed E-state index contributed by atoms with van der Waals surface area (Å²) in [5.74, 6) is 0. The van der Waals surface area contributed by atoms with Crippen LogP contribution < -0.4 is 0 Å². The molecule has 0 heterocycles. The molecule has 0 aromatic carbocycles. The van der Waals surface area contributed by atoms with Gasteiger partial charge in [-0.05, 0) is 19.3 Å². The van der Waals surface area contributed by atoms with Crippen molar-refractivity contribution in [2.75, 3.05) is 0 Å². The van der Waals surface area contributed by atoms with Gasteiger partial charge in [0.1, 0.15) is 0 Å². The van der Waals surface area contributed by atoms with E-state index in [9.17, 15) is 0 Å². The quantitative estimate of drug-likeness (QED) is 0.0528. The Bertz CT molecular complexity index is 435. The molecule has 0 bridgehead atoms. The largest absolute Gasteiger partial charge is 0.0885 e. The van der Waals surface area contributed by atoms with Crippen LogP contribution in [0.2, 0.25) is 0 Å². The maximum Gasteiger partial charge on any atom is -0.0351 e. The van der Waals surface area contributed by atoms with Crippen LogP contribution in [0.3, 0.4) is 0 Å². The molecule has 0 aliphatic heterocycles. The second-order valence-electron chi connectivity index (χ2n) is 13.4. The molecule has 0 saturated carbocycles. The Morgan fingerprint density at radius 3 is 0.625 bits per heavy atom. The van der Waals surface area contributed by atoms with Gasteiger partial charge in [-0.15, -0.1) is 0 Å². The van der Waals surface area contributed by atoms with Gasteiger partial charge in [-0.25, -0.2) is 0 Å². The Balaban J connectivity index is 3.03. The summed E-state index contributed by atoms with van der Waals surface area (Å²) in [6.45, 7) is 4.57. The molecule has 0 aromatic heterocycles. The zero-order chi connectivity index (χ0) is 28.9. The van der Waals surface area contributed by atoms with Crippen molar-refractivity contribution in [2.24, 2.45) is 0 Å². The van der Waals surface area contributed by atoms with Crippen molar-refractivity contribution in [3.8, 4) is 0 Å². The fourth-order valence-electron chi connectivity index (χ4n) is 6.22. The van der Waals surface area contributed by atoms with E-state index in [-0.39, 0.29) is 0 Å². The predicted molar refractivity (Wildman–Crippen MR) is 187 cm³/mol. The second kappa shape index (κ2) is 38.7. The van der Waals surface area contributed by atoms with Crippen LogP contribution in [0.1, 0.15) is 245 Å². The van der Waals surface area contributed by atoms with Gasteiger partial charge in [-0.1, -0.05) is 238 Å². The van der Waals surface area contributed by atoms with Crippen molar-refractivity contribution in [1.82, 2.24) is 0 Å². The average molecular weight is 561 g/mol. The predicted octanol–water partition coefficient (Wildman–Crippen LogP) is 15.6. The van der Waals surface area contributed by atoms with Gasteiger partial charge in [0.2, 0.25) is 0 Å². The van der Waals surface area contributed by atoms with Crippen LogP contribution in [0.15, 0.2) is 12.2 Å². The Kier molecular flexibility index (Phi) is 38.5. The van der Waals surface area contributed by atoms with Crippen molar-refractivity contribution in [2.45, 2.75) is 245 Å². The van der Waals surface area contributed by atoms with Crippen LogP contribution in [-0.4, -0.2) is 0 Å². The van der Waals surface area contributed by atoms with Crippen molar-refractivity contribution in [3.63, 3.8) is 0 Å². The molecule has 0 amide bonds. The molecule has 0 aliphatic carbocycles. The maximum atomic E-state index is 2.40. The topological polar surface area (TPSA) is 0 Å². The molecule has 0 N–H and O–H groups in total. The van der Waals surface area contributed by atoms with Crippen LogP contribution in [0.25, 0.3) is 0 Å². The Hall–Kier alpha value is -0.260. The lowest BCUT2D eigenvalue weighted by Crippen LogP contribution is -1.85. The van der Waals surface area contributed by atoms with Gasteiger partial charge in [-0.2, -0.15) is 0 Å². The first-order valence-electron chi connectivity index (χ1n) is 19.6. The third-order valence-corrected chi connectivity index (χ3v) is 9.10. The highest BCUT2D eigenvalue weighted by molar-refractivity contribution is 4.80. The van der Waals surface area contributed by atoms with Crippen molar-refractivity contribution in [1.29, 1.82) is 0 Å². The fraction of sp³-hybridized carbons (Fsp3) is 0.950. The SMILES string of the molecule is CCCC=CCCCCCCCCCCCCCCCCCCCCCCCCCCCCCCCCCCC. The minimum absolute atomic E-state index is 1.26. The zero-order valence-corrected chi connectivity index (χ0v) is 28.6. The molecule has 0 rings (SSSR count). The van der Waals surface area contributed by atoms with E-state index in [1.807, 2.05) is 0 Å². The number of hydrogen-bond acceptors (Lipinski definition) is 0. The summed E-state index contributed by atoms with van der Waals surface area (Å²) in [4.78, 5) is 0. The van der Waals surface area contributed by atoms with Gasteiger partial charge in [0, 0.05) is 0 Å². The Labute approximate surface area is 256 Å². The van der Waals surface area contributed by atoms with Crippen molar-refractivity contribution in [3.05, 3.63) is 12.2 Å². The van der Waals surface area contributed by atoms with Gasteiger partial charge in [0.15, 0.2) is 0 Å². The lowest BCUT2D eigenvalue weighted by Gasteiger charge is -2.05. The normalized spacial score (nSPS) is 11.8. The molecule has 0 radical (unpaired) electrons. The Morgan fingerprint density at radius 1 is 0.200 bits per heavy atom. The third-order valence-electron chi connectivity index (χ3n) is 9.10. The van der Waals surface area contributed by atoms with Crippen molar-refractivity contribution < 1.29 is 0 Å². The minimum atomic E-state index is 1.26. The van der Waals surface area contributed by atoms with E-state index < -0.39 is 0 Å². The van der Waals surface area contributed by atoms with E-state index in [0.717, 1.165) is 0 Å². The molecule has 0 spiro atoms. The van der Waals surface area contributed by atoms with Gasteiger partial charge >= 0.3 is 0 Å². The third kappa shape index (κ3) is 37.7. The highest BCUT2D eigenvalue weighted by Gasteiger charge is 1.97. The zero-order valence-electron chi connectivity index (χ0n) is 28.6. The van der Waals surface area contributed by atoms with E-state index in [0.29, 0.717) is 0 Å². The van der Waals surface area contributed by atoms with Crippen LogP contribution in [0.4, 0.5) is 0 Å². The number of rotatable bonds is 36. The van der Waals surface area contributed by atoms with E-state index in [2.05, 4.69) is 26.0 Å². The van der Waals surface area contributed by atoms with E-state index in [1.165, 1.54) is 231 Å². The van der Waals surface area contributed by atoms with Crippen LogP contribution in [-0.2, 0) is 0 Å². The van der Waals surface area contributed by atoms with E-state index in [4.69, 9.17) is 0 Å². The molecule has 40 heavy (non-hydrogen) atoms. The summed E-state index contributed by atoms with van der Waals surface area (Å²) in [5, 5.41) is 0. The van der Waals surface area contributed by atoms with Crippen LogP contribution >= 0.6 is 0 Å². The molecule has 0 atom stereocenters. The van der Waals surface area contributed by atoms with Crippen molar-refractivity contribution >= 4 is 0 Å². The Morgan fingerprint density at radius 2 is 0.400 bits per heavy atom. The monoisotopic (exact) mass is 561 g/mol. The molecule has 0 saturated heterocycles. The number of unbranched alkanes of at least 4 members (excludes halogenated alkanes) is 34. The first-order valence-corrected chi connectivity index (χ1v) is 19.6. The summed E-state index contributed by atoms with van der Waals surface area (Å²) in [6, 6.07) is 0. The van der Waals surface area contributed by atoms with Gasteiger partial charge in [-0.3, -0.25) is 0 Å². The molecule has 0 nitrogen and oxygen atoms in total. The summed E-state index contributed by atoms with van der Waals surface area (Å²) in [5.41, 5.74) is 0. The maximum absolute atomic E-state index is 2.40. The molecule has 0 aliphatic rings. The molecule has 0 aromatic rings.